The van der Waals surface area contributed by atoms with Crippen LogP contribution in [-0.2, 0) is 0 Å². The summed E-state index contributed by atoms with van der Waals surface area (Å²) in [6.07, 6.45) is 0. The van der Waals surface area contributed by atoms with Crippen LogP contribution in [0.5, 0.6) is 0 Å². The number of hydrogen-bond donors (Lipinski definition) is 2. The number of nitrogens with one attached hydrogen (secondary N) is 1. The lowest BCUT2D eigenvalue weighted by atomic mass is 9.88. The first-order valence-electron chi connectivity index (χ1n) is 3.82. The summed E-state index contributed by atoms with van der Waals surface area (Å²) in [5.41, 5.74) is 0.287. The molecule has 0 fully saturated rings. The Bertz CT molecular complexity index is 85.7. The minimum Gasteiger partial charge on any atom is -0.395 e. The largest absolute Gasteiger partial charge is 0.395 e. The molecule has 0 aliphatic heterocycles. The zero-order chi connectivity index (χ0) is 8.20. The van der Waals surface area contributed by atoms with Crippen LogP contribution < -0.4 is 5.32 Å². The Balaban J connectivity index is 3.52. The van der Waals surface area contributed by atoms with Gasteiger partial charge in [-0.05, 0) is 12.3 Å². The van der Waals surface area contributed by atoms with E-state index in [-0.39, 0.29) is 12.0 Å². The zero-order valence-electron chi connectivity index (χ0n) is 7.44. The minimum atomic E-state index is 0.223. The van der Waals surface area contributed by atoms with Gasteiger partial charge in [-0.2, -0.15) is 0 Å². The lowest BCUT2D eigenvalue weighted by Gasteiger charge is -2.27. The molecule has 0 saturated heterocycles. The van der Waals surface area contributed by atoms with Crippen molar-refractivity contribution in [3.63, 3.8) is 0 Å². The van der Waals surface area contributed by atoms with Crippen LogP contribution in [0.3, 0.4) is 0 Å². The van der Waals surface area contributed by atoms with Crippen molar-refractivity contribution < 1.29 is 5.11 Å². The van der Waals surface area contributed by atoms with Crippen LogP contribution in [0.25, 0.3) is 0 Å². The molecule has 0 aliphatic carbocycles. The van der Waals surface area contributed by atoms with Crippen molar-refractivity contribution in [1.82, 2.24) is 5.32 Å². The highest BCUT2D eigenvalue weighted by Gasteiger charge is 2.18. The predicted octanol–water partition coefficient (Wildman–Crippen LogP) is 1.00. The maximum Gasteiger partial charge on any atom is 0.0556 e. The molecule has 0 aromatic carbocycles. The maximum absolute atomic E-state index is 8.52. The molecule has 2 nitrogen and oxygen atoms in total. The van der Waals surface area contributed by atoms with Gasteiger partial charge in [0.1, 0.15) is 0 Å². The van der Waals surface area contributed by atoms with Crippen LogP contribution in [-0.4, -0.2) is 24.3 Å². The van der Waals surface area contributed by atoms with Crippen molar-refractivity contribution in [3.8, 4) is 0 Å². The molecule has 0 heterocycles. The number of aliphatic hydroxyl groups excluding tert-OH is 1. The second kappa shape index (κ2) is 3.94. The van der Waals surface area contributed by atoms with Crippen LogP contribution in [0.15, 0.2) is 0 Å². The topological polar surface area (TPSA) is 32.3 Å². The molecule has 0 saturated carbocycles. The molecule has 0 rings (SSSR count). The van der Waals surface area contributed by atoms with Gasteiger partial charge in [-0.3, -0.25) is 0 Å². The molecule has 0 unspecified atom stereocenters. The van der Waals surface area contributed by atoms with Crippen LogP contribution in [0, 0.1) is 5.41 Å². The first-order valence-corrected chi connectivity index (χ1v) is 3.82. The van der Waals surface area contributed by atoms with Crippen molar-refractivity contribution in [1.29, 1.82) is 0 Å². The van der Waals surface area contributed by atoms with Gasteiger partial charge in [0.15, 0.2) is 0 Å². The normalized spacial score (nSPS) is 15.3. The second-order valence-corrected chi connectivity index (χ2v) is 3.77. The van der Waals surface area contributed by atoms with E-state index in [1.807, 2.05) is 0 Å². The maximum atomic E-state index is 8.52. The van der Waals surface area contributed by atoms with Gasteiger partial charge in [-0.1, -0.05) is 20.8 Å². The molecule has 10 heavy (non-hydrogen) atoms. The van der Waals surface area contributed by atoms with Crippen molar-refractivity contribution in [3.05, 3.63) is 0 Å². The molecule has 62 valence electrons. The molecule has 0 aliphatic rings. The molecule has 0 aromatic heterocycles. The van der Waals surface area contributed by atoms with Gasteiger partial charge in [0.25, 0.3) is 0 Å². The summed E-state index contributed by atoms with van der Waals surface area (Å²) in [7, 11) is 0. The van der Waals surface area contributed by atoms with Crippen molar-refractivity contribution in [2.24, 2.45) is 5.41 Å². The smallest absolute Gasteiger partial charge is 0.0556 e. The van der Waals surface area contributed by atoms with E-state index in [4.69, 9.17) is 5.11 Å². The molecular weight excluding hydrogens is 126 g/mol. The standard InChI is InChI=1S/C8H19NO/c1-7(8(2,3)4)9-5-6-10/h7,9-10H,5-6H2,1-4H3/t7-/m0/s1. The highest BCUT2D eigenvalue weighted by Crippen LogP contribution is 2.17. The van der Waals surface area contributed by atoms with E-state index in [0.717, 1.165) is 0 Å². The van der Waals surface area contributed by atoms with E-state index in [2.05, 4.69) is 33.0 Å². The molecule has 1 atom stereocenters. The first-order chi connectivity index (χ1) is 4.48. The average Bonchev–Trinajstić information content (AvgIpc) is 1.80. The summed E-state index contributed by atoms with van der Waals surface area (Å²) in [6.45, 7) is 9.60. The zero-order valence-corrected chi connectivity index (χ0v) is 7.44. The summed E-state index contributed by atoms with van der Waals surface area (Å²) < 4.78 is 0. The fraction of sp³-hybridized carbons (Fsp3) is 1.00. The molecule has 0 bridgehead atoms. The second-order valence-electron chi connectivity index (χ2n) is 3.77. The van der Waals surface area contributed by atoms with E-state index in [1.54, 1.807) is 0 Å². The fourth-order valence-electron chi connectivity index (χ4n) is 0.587. The van der Waals surface area contributed by atoms with Crippen LogP contribution >= 0.6 is 0 Å². The molecular formula is C8H19NO. The first kappa shape index (κ1) is 9.92. The number of hydrogen-bond acceptors (Lipinski definition) is 2. The Kier molecular flexibility index (Phi) is 3.91. The molecule has 2 heteroatoms. The Morgan fingerprint density at radius 2 is 1.90 bits per heavy atom. The van der Waals surface area contributed by atoms with E-state index in [0.29, 0.717) is 12.6 Å². The van der Waals surface area contributed by atoms with E-state index >= 15 is 0 Å². The van der Waals surface area contributed by atoms with Crippen LogP contribution in [0.2, 0.25) is 0 Å². The Hall–Kier alpha value is -0.0800. The Morgan fingerprint density at radius 1 is 1.40 bits per heavy atom. The summed E-state index contributed by atoms with van der Waals surface area (Å²) in [6, 6.07) is 0.458. The third-order valence-electron chi connectivity index (χ3n) is 1.86. The SMILES string of the molecule is C[C@H](NCCO)C(C)(C)C. The Morgan fingerprint density at radius 3 is 2.20 bits per heavy atom. The summed E-state index contributed by atoms with van der Waals surface area (Å²) >= 11 is 0. The Labute approximate surface area is 63.6 Å². The summed E-state index contributed by atoms with van der Waals surface area (Å²) in [5, 5.41) is 11.7. The predicted molar refractivity (Wildman–Crippen MR) is 44.0 cm³/mol. The molecule has 0 aromatic rings. The lowest BCUT2D eigenvalue weighted by molar-refractivity contribution is 0.244. The number of aliphatic hydroxyl groups is 1. The average molecular weight is 145 g/mol. The van der Waals surface area contributed by atoms with Gasteiger partial charge in [-0.25, -0.2) is 0 Å². The number of rotatable bonds is 3. The molecule has 0 radical (unpaired) electrons. The highest BCUT2D eigenvalue weighted by molar-refractivity contribution is 4.75. The summed E-state index contributed by atoms with van der Waals surface area (Å²) in [4.78, 5) is 0. The third-order valence-corrected chi connectivity index (χ3v) is 1.86. The third kappa shape index (κ3) is 3.85. The minimum absolute atomic E-state index is 0.223. The van der Waals surface area contributed by atoms with Gasteiger partial charge >= 0.3 is 0 Å². The molecule has 0 amide bonds. The van der Waals surface area contributed by atoms with Gasteiger partial charge in [0.2, 0.25) is 0 Å². The van der Waals surface area contributed by atoms with Gasteiger partial charge in [0, 0.05) is 12.6 Å². The molecule has 2 N–H and O–H groups in total. The van der Waals surface area contributed by atoms with Gasteiger partial charge < -0.3 is 10.4 Å². The lowest BCUT2D eigenvalue weighted by Crippen LogP contribution is -2.38. The molecule has 0 spiro atoms. The van der Waals surface area contributed by atoms with E-state index < -0.39 is 0 Å². The van der Waals surface area contributed by atoms with E-state index in [9.17, 15) is 0 Å². The van der Waals surface area contributed by atoms with Gasteiger partial charge in [-0.15, -0.1) is 0 Å². The fourth-order valence-corrected chi connectivity index (χ4v) is 0.587. The summed E-state index contributed by atoms with van der Waals surface area (Å²) in [5.74, 6) is 0. The quantitative estimate of drug-likeness (QED) is 0.621. The van der Waals surface area contributed by atoms with E-state index in [1.165, 1.54) is 0 Å². The van der Waals surface area contributed by atoms with Crippen molar-refractivity contribution in [2.75, 3.05) is 13.2 Å². The van der Waals surface area contributed by atoms with Gasteiger partial charge in [0.05, 0.1) is 6.61 Å². The van der Waals surface area contributed by atoms with Crippen LogP contribution in [0.1, 0.15) is 27.7 Å². The highest BCUT2D eigenvalue weighted by atomic mass is 16.3. The van der Waals surface area contributed by atoms with Crippen LogP contribution in [0.4, 0.5) is 0 Å². The van der Waals surface area contributed by atoms with Crippen molar-refractivity contribution >= 4 is 0 Å². The monoisotopic (exact) mass is 145 g/mol. The van der Waals surface area contributed by atoms with Crippen molar-refractivity contribution in [2.45, 2.75) is 33.7 Å².